The maximum Gasteiger partial charge on any atom is 0.244 e. The van der Waals surface area contributed by atoms with Gasteiger partial charge >= 0.3 is 0 Å². The Hall–Kier alpha value is -2.06. The summed E-state index contributed by atoms with van der Waals surface area (Å²) in [5, 5.41) is 23.4. The van der Waals surface area contributed by atoms with Gasteiger partial charge in [-0.1, -0.05) is 12.1 Å². The molecule has 1 amide bonds. The smallest absolute Gasteiger partial charge is 0.244 e. The molecular weight excluding hydrogens is 444 g/mol. The summed E-state index contributed by atoms with van der Waals surface area (Å²) in [4.78, 5) is 11.9. The van der Waals surface area contributed by atoms with Gasteiger partial charge in [-0.05, 0) is 55.6 Å². The zero-order chi connectivity index (χ0) is 17.7. The predicted molar refractivity (Wildman–Crippen MR) is 97.6 cm³/mol. The number of ether oxygens (including phenoxy) is 1. The fourth-order valence-electron chi connectivity index (χ4n) is 1.86. The molecule has 0 aromatic heterocycles. The first-order chi connectivity index (χ1) is 11.4. The van der Waals surface area contributed by atoms with Crippen molar-refractivity contribution in [3.05, 3.63) is 50.4 Å². The van der Waals surface area contributed by atoms with E-state index >= 15 is 0 Å². The minimum absolute atomic E-state index is 0.117. The van der Waals surface area contributed by atoms with Gasteiger partial charge in [-0.15, -0.1) is 0 Å². The number of nitrogens with zero attached hydrogens (tertiary/aromatic N) is 1. The number of benzene rings is 2. The molecule has 2 aromatic rings. The molecule has 3 N–H and O–H groups in total. The van der Waals surface area contributed by atoms with Crippen LogP contribution >= 0.6 is 31.9 Å². The van der Waals surface area contributed by atoms with Crippen LogP contribution in [0.2, 0.25) is 0 Å². The summed E-state index contributed by atoms with van der Waals surface area (Å²) in [6, 6.07) is 8.61. The average molecular weight is 458 g/mol. The first kappa shape index (κ1) is 18.3. The molecule has 0 aliphatic rings. The van der Waals surface area contributed by atoms with Gasteiger partial charge in [-0.25, -0.2) is 5.43 Å². The van der Waals surface area contributed by atoms with E-state index in [1.54, 1.807) is 31.4 Å². The average Bonchev–Trinajstić information content (AvgIpc) is 2.58. The number of carbonyl (C=O) groups is 1. The molecule has 0 heterocycles. The number of phenols is 2. The second-order valence-electron chi connectivity index (χ2n) is 4.78. The lowest BCUT2D eigenvalue weighted by Crippen LogP contribution is -2.19. The number of methoxy groups -OCH3 is 1. The van der Waals surface area contributed by atoms with Gasteiger partial charge < -0.3 is 14.9 Å². The van der Waals surface area contributed by atoms with Gasteiger partial charge in [0.2, 0.25) is 5.91 Å². The highest BCUT2D eigenvalue weighted by Crippen LogP contribution is 2.40. The van der Waals surface area contributed by atoms with Crippen molar-refractivity contribution in [2.75, 3.05) is 7.11 Å². The molecule has 24 heavy (non-hydrogen) atoms. The zero-order valence-corrected chi connectivity index (χ0v) is 15.8. The first-order valence-corrected chi connectivity index (χ1v) is 8.35. The summed E-state index contributed by atoms with van der Waals surface area (Å²) in [5.41, 5.74) is 3.53. The van der Waals surface area contributed by atoms with E-state index in [0.717, 1.165) is 11.3 Å². The molecule has 8 heteroatoms. The number of amides is 1. The van der Waals surface area contributed by atoms with E-state index in [1.807, 2.05) is 0 Å². The highest BCUT2D eigenvalue weighted by Gasteiger charge is 2.12. The van der Waals surface area contributed by atoms with Crippen LogP contribution in [0.5, 0.6) is 17.2 Å². The minimum Gasteiger partial charge on any atom is -0.506 e. The molecule has 0 aliphatic heterocycles. The normalized spacial score (nSPS) is 10.8. The van der Waals surface area contributed by atoms with Crippen molar-refractivity contribution in [2.24, 2.45) is 5.10 Å². The third-order valence-electron chi connectivity index (χ3n) is 3.11. The predicted octanol–water partition coefficient (Wildman–Crippen LogP) is 3.32. The van der Waals surface area contributed by atoms with Crippen LogP contribution in [0.15, 0.2) is 44.4 Å². The van der Waals surface area contributed by atoms with Crippen LogP contribution < -0.4 is 10.2 Å². The van der Waals surface area contributed by atoms with Crippen LogP contribution in [0, 0.1) is 0 Å². The van der Waals surface area contributed by atoms with Crippen LogP contribution in [0.3, 0.4) is 0 Å². The number of phenolic OH excluding ortho intramolecular Hbond substituents is 2. The number of halogens is 2. The van der Waals surface area contributed by atoms with Crippen LogP contribution in [0.1, 0.15) is 11.1 Å². The number of hydrogen-bond donors (Lipinski definition) is 3. The Kier molecular flexibility index (Phi) is 6.22. The van der Waals surface area contributed by atoms with Crippen molar-refractivity contribution in [1.82, 2.24) is 5.43 Å². The van der Waals surface area contributed by atoms with Crippen molar-refractivity contribution < 1.29 is 19.7 Å². The molecular formula is C16H14Br2N2O4. The first-order valence-electron chi connectivity index (χ1n) is 6.77. The molecule has 0 bridgehead atoms. The van der Waals surface area contributed by atoms with Gasteiger partial charge in [-0.3, -0.25) is 4.79 Å². The Labute approximate surface area is 155 Å². The molecule has 0 atom stereocenters. The summed E-state index contributed by atoms with van der Waals surface area (Å²) < 4.78 is 5.58. The minimum atomic E-state index is -0.298. The molecule has 6 nitrogen and oxygen atoms in total. The molecule has 0 spiro atoms. The molecule has 0 saturated heterocycles. The van der Waals surface area contributed by atoms with Crippen LogP contribution in [-0.2, 0) is 11.2 Å². The van der Waals surface area contributed by atoms with Crippen LogP contribution in [0.4, 0.5) is 0 Å². The molecule has 126 valence electrons. The van der Waals surface area contributed by atoms with Crippen LogP contribution in [0.25, 0.3) is 0 Å². The van der Waals surface area contributed by atoms with E-state index in [-0.39, 0.29) is 28.3 Å². The fourth-order valence-corrected chi connectivity index (χ4v) is 3.01. The third-order valence-corrected chi connectivity index (χ3v) is 4.47. The quantitative estimate of drug-likeness (QED) is 0.474. The zero-order valence-electron chi connectivity index (χ0n) is 12.6. The molecule has 0 unspecified atom stereocenters. The second-order valence-corrected chi connectivity index (χ2v) is 6.42. The van der Waals surface area contributed by atoms with Crippen molar-refractivity contribution in [2.45, 2.75) is 6.42 Å². The molecule has 0 fully saturated rings. The third kappa shape index (κ3) is 4.48. The topological polar surface area (TPSA) is 91.2 Å². The highest BCUT2D eigenvalue weighted by atomic mass is 79.9. The fraction of sp³-hybridized carbons (Fsp3) is 0.125. The largest absolute Gasteiger partial charge is 0.506 e. The lowest BCUT2D eigenvalue weighted by molar-refractivity contribution is -0.120. The molecule has 2 aromatic carbocycles. The van der Waals surface area contributed by atoms with Crippen molar-refractivity contribution >= 4 is 44.0 Å². The molecule has 0 saturated carbocycles. The number of carbonyl (C=O) groups excluding carboxylic acids is 1. The van der Waals surface area contributed by atoms with Gasteiger partial charge in [0.15, 0.2) is 0 Å². The van der Waals surface area contributed by atoms with Gasteiger partial charge in [0.1, 0.15) is 21.7 Å². The SMILES string of the molecule is COc1ccc(CC(=O)N/N=C\c2cc(Br)c(O)c(Br)c2O)cc1. The lowest BCUT2D eigenvalue weighted by atomic mass is 10.1. The van der Waals surface area contributed by atoms with E-state index in [0.29, 0.717) is 10.0 Å². The van der Waals surface area contributed by atoms with E-state index < -0.39 is 0 Å². The Balaban J connectivity index is 1.99. The Morgan fingerprint density at radius 1 is 1.25 bits per heavy atom. The monoisotopic (exact) mass is 456 g/mol. The summed E-state index contributed by atoms with van der Waals surface area (Å²) in [7, 11) is 1.58. The number of aromatic hydroxyl groups is 2. The molecule has 2 rings (SSSR count). The second kappa shape index (κ2) is 8.16. The van der Waals surface area contributed by atoms with Gasteiger partial charge in [0.05, 0.1) is 24.2 Å². The van der Waals surface area contributed by atoms with Crippen molar-refractivity contribution in [3.8, 4) is 17.2 Å². The summed E-state index contributed by atoms with van der Waals surface area (Å²) in [6.07, 6.45) is 1.45. The standard InChI is InChI=1S/C16H14Br2N2O4/c1-24-11-4-2-9(3-5-11)6-13(21)20-19-8-10-7-12(17)16(23)14(18)15(10)22/h2-5,7-8,22-23H,6H2,1H3,(H,20,21)/b19-8-. The van der Waals surface area contributed by atoms with E-state index in [2.05, 4.69) is 42.4 Å². The number of rotatable bonds is 5. The highest BCUT2D eigenvalue weighted by molar-refractivity contribution is 9.11. The van der Waals surface area contributed by atoms with Gasteiger partial charge in [-0.2, -0.15) is 5.10 Å². The Bertz CT molecular complexity index is 777. The van der Waals surface area contributed by atoms with Crippen molar-refractivity contribution in [1.29, 1.82) is 0 Å². The van der Waals surface area contributed by atoms with Crippen molar-refractivity contribution in [3.63, 3.8) is 0 Å². The summed E-state index contributed by atoms with van der Waals surface area (Å²) in [6.45, 7) is 0. The number of hydrogen-bond acceptors (Lipinski definition) is 5. The van der Waals surface area contributed by atoms with Gasteiger partial charge in [0, 0.05) is 5.56 Å². The molecule has 0 radical (unpaired) electrons. The lowest BCUT2D eigenvalue weighted by Gasteiger charge is -2.06. The maximum absolute atomic E-state index is 11.9. The summed E-state index contributed by atoms with van der Waals surface area (Å²) in [5.74, 6) is 0.126. The number of nitrogens with one attached hydrogen (secondary N) is 1. The molecule has 0 aliphatic carbocycles. The Morgan fingerprint density at radius 2 is 1.92 bits per heavy atom. The van der Waals surface area contributed by atoms with E-state index in [4.69, 9.17) is 4.74 Å². The maximum atomic E-state index is 11.9. The number of hydrazone groups is 1. The Morgan fingerprint density at radius 3 is 2.54 bits per heavy atom. The van der Waals surface area contributed by atoms with Crippen LogP contribution in [-0.4, -0.2) is 29.4 Å². The van der Waals surface area contributed by atoms with E-state index in [9.17, 15) is 15.0 Å². The van der Waals surface area contributed by atoms with E-state index in [1.165, 1.54) is 12.3 Å². The van der Waals surface area contributed by atoms with Gasteiger partial charge in [0.25, 0.3) is 0 Å². The summed E-state index contributed by atoms with van der Waals surface area (Å²) >= 11 is 6.23.